The molecule has 0 atom stereocenters. The molecule has 0 fully saturated rings. The summed E-state index contributed by atoms with van der Waals surface area (Å²) in [6.45, 7) is -1.75. The quantitative estimate of drug-likeness (QED) is 0.314. The van der Waals surface area contributed by atoms with Crippen LogP contribution in [0.1, 0.15) is 0 Å². The standard InChI is InChI=1S/C4H5N7O8/c12-8(13)4(9(14)15)3-5-1-6(10(16)17)2-7(3)11(18)19/h4H,1-2H2. The molecular weight excluding hydrogens is 274 g/mol. The van der Waals surface area contributed by atoms with E-state index in [0.29, 0.717) is 0 Å². The molecule has 0 bridgehead atoms. The van der Waals surface area contributed by atoms with Gasteiger partial charge < -0.3 is 0 Å². The van der Waals surface area contributed by atoms with Gasteiger partial charge in [0.15, 0.2) is 16.7 Å². The van der Waals surface area contributed by atoms with E-state index in [2.05, 4.69) is 4.99 Å². The fourth-order valence-electron chi connectivity index (χ4n) is 1.23. The number of amidine groups is 1. The Morgan fingerprint density at radius 1 is 1.00 bits per heavy atom. The van der Waals surface area contributed by atoms with Gasteiger partial charge in [0.2, 0.25) is 6.67 Å². The van der Waals surface area contributed by atoms with E-state index in [0.717, 1.165) is 0 Å². The molecule has 104 valence electrons. The largest absolute Gasteiger partial charge is 0.512 e. The third-order valence-corrected chi connectivity index (χ3v) is 2.02. The minimum atomic E-state index is -2.65. The molecule has 19 heavy (non-hydrogen) atoms. The molecule has 1 aliphatic heterocycles. The van der Waals surface area contributed by atoms with Crippen LogP contribution in [0.5, 0.6) is 0 Å². The van der Waals surface area contributed by atoms with Crippen molar-refractivity contribution in [2.45, 2.75) is 6.17 Å². The first-order valence-corrected chi connectivity index (χ1v) is 4.38. The van der Waals surface area contributed by atoms with Crippen molar-refractivity contribution in [3.05, 3.63) is 40.5 Å². The van der Waals surface area contributed by atoms with Crippen molar-refractivity contribution < 1.29 is 19.9 Å². The van der Waals surface area contributed by atoms with Crippen LogP contribution in [0.15, 0.2) is 4.99 Å². The summed E-state index contributed by atoms with van der Waals surface area (Å²) in [4.78, 5) is 42.5. The SMILES string of the molecule is O=[N+]([O-])C(C1=NCN([N+](=O)[O-])CN1[N+](=O)[O-])[N+](=O)[O-]. The molecule has 15 nitrogen and oxygen atoms in total. The van der Waals surface area contributed by atoms with E-state index in [9.17, 15) is 40.5 Å². The number of nitrogens with zero attached hydrogens (tertiary/aromatic N) is 7. The zero-order chi connectivity index (χ0) is 14.7. The Morgan fingerprint density at radius 3 is 1.89 bits per heavy atom. The summed E-state index contributed by atoms with van der Waals surface area (Å²) in [5.74, 6) is -1.07. The molecule has 0 aromatic carbocycles. The van der Waals surface area contributed by atoms with Crippen molar-refractivity contribution in [2.75, 3.05) is 13.3 Å². The van der Waals surface area contributed by atoms with E-state index in [1.807, 2.05) is 0 Å². The maximum absolute atomic E-state index is 10.6. The van der Waals surface area contributed by atoms with Crippen LogP contribution in [-0.2, 0) is 0 Å². The Morgan fingerprint density at radius 2 is 1.53 bits per heavy atom. The van der Waals surface area contributed by atoms with Crippen molar-refractivity contribution in [3.63, 3.8) is 0 Å². The van der Waals surface area contributed by atoms with Gasteiger partial charge in [-0.1, -0.05) is 5.01 Å². The monoisotopic (exact) mass is 279 g/mol. The summed E-state index contributed by atoms with van der Waals surface area (Å²) in [6.07, 6.45) is -2.65. The van der Waals surface area contributed by atoms with Crippen molar-refractivity contribution in [2.24, 2.45) is 4.99 Å². The summed E-state index contributed by atoms with van der Waals surface area (Å²) in [6, 6.07) is 0. The van der Waals surface area contributed by atoms with Crippen LogP contribution in [0.4, 0.5) is 0 Å². The smallest absolute Gasteiger partial charge is 0.258 e. The molecule has 0 unspecified atom stereocenters. The van der Waals surface area contributed by atoms with Crippen molar-refractivity contribution in [1.29, 1.82) is 0 Å². The van der Waals surface area contributed by atoms with E-state index in [1.54, 1.807) is 0 Å². The minimum absolute atomic E-state index is 0.109. The molecule has 0 radical (unpaired) electrons. The van der Waals surface area contributed by atoms with Crippen LogP contribution in [0.2, 0.25) is 0 Å². The number of rotatable bonds is 5. The normalized spacial score (nSPS) is 15.1. The number of hydrogen-bond acceptors (Lipinski definition) is 9. The Kier molecular flexibility index (Phi) is 3.68. The molecule has 0 aliphatic carbocycles. The molecule has 0 saturated heterocycles. The van der Waals surface area contributed by atoms with E-state index < -0.39 is 45.3 Å². The van der Waals surface area contributed by atoms with Crippen LogP contribution in [0, 0.1) is 40.5 Å². The highest BCUT2D eigenvalue weighted by atomic mass is 16.7. The highest BCUT2D eigenvalue weighted by Gasteiger charge is 2.50. The van der Waals surface area contributed by atoms with Gasteiger partial charge in [0.05, 0.1) is 0 Å². The molecule has 0 saturated carbocycles. The van der Waals surface area contributed by atoms with Gasteiger partial charge in [-0.3, -0.25) is 20.2 Å². The molecule has 1 heterocycles. The number of aliphatic imine (C=N–C) groups is 1. The van der Waals surface area contributed by atoms with Crippen molar-refractivity contribution in [1.82, 2.24) is 10.0 Å². The Hall–Kier alpha value is -3.13. The maximum Gasteiger partial charge on any atom is 0.512 e. The Labute approximate surface area is 102 Å². The topological polar surface area (TPSA) is 191 Å². The highest BCUT2D eigenvalue weighted by Crippen LogP contribution is 2.10. The van der Waals surface area contributed by atoms with Gasteiger partial charge in [-0.25, -0.2) is 25.2 Å². The predicted molar refractivity (Wildman–Crippen MR) is 52.6 cm³/mol. The third-order valence-electron chi connectivity index (χ3n) is 2.02. The predicted octanol–water partition coefficient (Wildman–Crippen LogP) is -1.82. The molecule has 15 heteroatoms. The molecule has 0 amide bonds. The number of hydrogen-bond donors (Lipinski definition) is 0. The lowest BCUT2D eigenvalue weighted by Gasteiger charge is -2.22. The van der Waals surface area contributed by atoms with Gasteiger partial charge in [0.25, 0.3) is 0 Å². The van der Waals surface area contributed by atoms with Gasteiger partial charge in [0, 0.05) is 0 Å². The maximum atomic E-state index is 10.6. The van der Waals surface area contributed by atoms with Gasteiger partial charge in [0.1, 0.15) is 9.85 Å². The van der Waals surface area contributed by atoms with E-state index in [-0.39, 0.29) is 10.0 Å². The van der Waals surface area contributed by atoms with Crippen LogP contribution in [-0.4, -0.2) is 55.3 Å². The summed E-state index contributed by atoms with van der Waals surface area (Å²) < 4.78 is 0. The van der Waals surface area contributed by atoms with Gasteiger partial charge in [-0.2, -0.15) is 0 Å². The van der Waals surface area contributed by atoms with Crippen LogP contribution < -0.4 is 0 Å². The Bertz CT molecular complexity index is 460. The summed E-state index contributed by atoms with van der Waals surface area (Å²) >= 11 is 0. The first-order chi connectivity index (χ1) is 8.75. The van der Waals surface area contributed by atoms with Crippen LogP contribution >= 0.6 is 0 Å². The Balaban J connectivity index is 3.15. The fourth-order valence-corrected chi connectivity index (χ4v) is 1.23. The lowest BCUT2D eigenvalue weighted by molar-refractivity contribution is -0.736. The first kappa shape index (κ1) is 13.9. The lowest BCUT2D eigenvalue weighted by atomic mass is 10.4. The van der Waals surface area contributed by atoms with Crippen LogP contribution in [0.25, 0.3) is 0 Å². The highest BCUT2D eigenvalue weighted by molar-refractivity contribution is 5.84. The second-order valence-corrected chi connectivity index (χ2v) is 3.13. The van der Waals surface area contributed by atoms with E-state index in [1.165, 1.54) is 0 Å². The number of hydrazine groups is 2. The average Bonchev–Trinajstić information content (AvgIpc) is 2.27. The minimum Gasteiger partial charge on any atom is -0.258 e. The first-order valence-electron chi connectivity index (χ1n) is 4.38. The second kappa shape index (κ2) is 5.02. The summed E-state index contributed by atoms with van der Waals surface area (Å²) in [7, 11) is 0. The molecular formula is C4H5N7O8. The fraction of sp³-hybridized carbons (Fsp3) is 0.750. The molecule has 1 aliphatic rings. The van der Waals surface area contributed by atoms with Crippen molar-refractivity contribution >= 4 is 5.84 Å². The lowest BCUT2D eigenvalue weighted by Crippen LogP contribution is -2.57. The zero-order valence-electron chi connectivity index (χ0n) is 8.89. The average molecular weight is 279 g/mol. The zero-order valence-corrected chi connectivity index (χ0v) is 8.89. The van der Waals surface area contributed by atoms with E-state index >= 15 is 0 Å². The molecule has 0 aromatic heterocycles. The molecule has 0 aromatic rings. The summed E-state index contributed by atoms with van der Waals surface area (Å²) in [5.41, 5.74) is 0. The molecule has 1 rings (SSSR count). The third kappa shape index (κ3) is 2.76. The number of nitro groups is 4. The van der Waals surface area contributed by atoms with Crippen molar-refractivity contribution in [3.8, 4) is 0 Å². The molecule has 0 N–H and O–H groups in total. The van der Waals surface area contributed by atoms with Crippen LogP contribution in [0.3, 0.4) is 0 Å². The van der Waals surface area contributed by atoms with Gasteiger partial charge >= 0.3 is 12.0 Å². The van der Waals surface area contributed by atoms with E-state index in [4.69, 9.17) is 0 Å². The van der Waals surface area contributed by atoms with Gasteiger partial charge in [-0.15, -0.1) is 0 Å². The molecule has 0 spiro atoms. The van der Waals surface area contributed by atoms with Gasteiger partial charge in [-0.05, 0) is 5.01 Å². The second-order valence-electron chi connectivity index (χ2n) is 3.13. The summed E-state index contributed by atoms with van der Waals surface area (Å²) in [5, 5.41) is 40.0.